The van der Waals surface area contributed by atoms with Gasteiger partial charge in [-0.2, -0.15) is 0 Å². The third-order valence-electron chi connectivity index (χ3n) is 4.39. The minimum Gasteiger partial charge on any atom is -0.493 e. The van der Waals surface area contributed by atoms with Gasteiger partial charge in [0.25, 0.3) is 5.91 Å². The average molecular weight is 487 g/mol. The number of ether oxygens (including phenoxy) is 2. The predicted octanol–water partition coefficient (Wildman–Crippen LogP) is 3.81. The molecule has 2 aromatic carbocycles. The standard InChI is InChI=1S/C22H19BrN2O6/c1-3-7-25-20(26)17(24-22(25)29)10-14-9-16(23)19(18(11-14)30-2)31-12-13-5-4-6-15(8-13)21(27)28/h3-6,8-11H,1,7,12H2,2H3,(H,24,29)(H,27,28). The van der Waals surface area contributed by atoms with Crippen LogP contribution in [0.5, 0.6) is 11.5 Å². The number of rotatable bonds is 8. The maximum absolute atomic E-state index is 12.4. The second-order valence-corrected chi connectivity index (χ2v) is 7.38. The Morgan fingerprint density at radius 1 is 1.29 bits per heavy atom. The molecule has 9 heteroatoms. The topological polar surface area (TPSA) is 105 Å². The first-order chi connectivity index (χ1) is 14.8. The number of amides is 3. The van der Waals surface area contributed by atoms with Gasteiger partial charge in [0.15, 0.2) is 11.5 Å². The van der Waals surface area contributed by atoms with Crippen molar-refractivity contribution in [3.05, 3.63) is 75.9 Å². The number of methoxy groups -OCH3 is 1. The molecule has 2 aromatic rings. The van der Waals surface area contributed by atoms with Gasteiger partial charge >= 0.3 is 12.0 Å². The minimum atomic E-state index is -1.02. The highest BCUT2D eigenvalue weighted by Crippen LogP contribution is 2.38. The monoisotopic (exact) mass is 486 g/mol. The molecule has 0 unspecified atom stereocenters. The Morgan fingerprint density at radius 3 is 2.74 bits per heavy atom. The van der Waals surface area contributed by atoms with Crippen LogP contribution in [0.25, 0.3) is 6.08 Å². The van der Waals surface area contributed by atoms with Gasteiger partial charge in [-0.15, -0.1) is 6.58 Å². The van der Waals surface area contributed by atoms with Crippen LogP contribution < -0.4 is 14.8 Å². The molecule has 1 saturated heterocycles. The summed E-state index contributed by atoms with van der Waals surface area (Å²) in [5, 5.41) is 11.7. The number of carboxylic acid groups (broad SMARTS) is 1. The smallest absolute Gasteiger partial charge is 0.335 e. The molecule has 0 spiro atoms. The Morgan fingerprint density at radius 2 is 2.06 bits per heavy atom. The first kappa shape index (κ1) is 22.1. The lowest BCUT2D eigenvalue weighted by Crippen LogP contribution is -2.30. The number of carbonyl (C=O) groups is 3. The van der Waals surface area contributed by atoms with E-state index in [1.807, 2.05) is 0 Å². The fourth-order valence-electron chi connectivity index (χ4n) is 2.95. The normalized spacial score (nSPS) is 14.5. The van der Waals surface area contributed by atoms with E-state index in [1.54, 1.807) is 24.3 Å². The van der Waals surface area contributed by atoms with Gasteiger partial charge in [0, 0.05) is 6.54 Å². The number of hydrogen-bond donors (Lipinski definition) is 2. The first-order valence-electron chi connectivity index (χ1n) is 9.12. The molecule has 31 heavy (non-hydrogen) atoms. The summed E-state index contributed by atoms with van der Waals surface area (Å²) in [6.07, 6.45) is 3.01. The van der Waals surface area contributed by atoms with Crippen molar-refractivity contribution in [1.82, 2.24) is 10.2 Å². The molecule has 8 nitrogen and oxygen atoms in total. The zero-order valence-corrected chi connectivity index (χ0v) is 18.1. The number of carboxylic acids is 1. The van der Waals surface area contributed by atoms with E-state index in [9.17, 15) is 14.4 Å². The maximum Gasteiger partial charge on any atom is 0.335 e. The highest BCUT2D eigenvalue weighted by atomic mass is 79.9. The molecule has 1 heterocycles. The molecule has 3 amide bonds. The van der Waals surface area contributed by atoms with E-state index in [1.165, 1.54) is 31.4 Å². The molecule has 0 aliphatic carbocycles. The van der Waals surface area contributed by atoms with Gasteiger partial charge in [0.2, 0.25) is 0 Å². The van der Waals surface area contributed by atoms with Crippen molar-refractivity contribution in [3.8, 4) is 11.5 Å². The molecule has 0 bridgehead atoms. The summed E-state index contributed by atoms with van der Waals surface area (Å²) in [4.78, 5) is 36.5. The highest BCUT2D eigenvalue weighted by Gasteiger charge is 2.32. The number of urea groups is 1. The van der Waals surface area contributed by atoms with Crippen molar-refractivity contribution in [3.63, 3.8) is 0 Å². The molecule has 0 saturated carbocycles. The van der Waals surface area contributed by atoms with Crippen molar-refractivity contribution >= 4 is 39.9 Å². The van der Waals surface area contributed by atoms with E-state index >= 15 is 0 Å². The van der Waals surface area contributed by atoms with Gasteiger partial charge in [0.05, 0.1) is 17.1 Å². The molecule has 0 aromatic heterocycles. The van der Waals surface area contributed by atoms with Crippen molar-refractivity contribution < 1.29 is 29.0 Å². The highest BCUT2D eigenvalue weighted by molar-refractivity contribution is 9.10. The quantitative estimate of drug-likeness (QED) is 0.333. The number of imide groups is 1. The summed E-state index contributed by atoms with van der Waals surface area (Å²) in [7, 11) is 1.48. The van der Waals surface area contributed by atoms with Crippen molar-refractivity contribution in [1.29, 1.82) is 0 Å². The second kappa shape index (κ2) is 9.48. The number of nitrogens with zero attached hydrogens (tertiary/aromatic N) is 1. The van der Waals surface area contributed by atoms with Crippen molar-refractivity contribution in [2.24, 2.45) is 0 Å². The van der Waals surface area contributed by atoms with E-state index in [-0.39, 0.29) is 24.4 Å². The zero-order chi connectivity index (χ0) is 22.5. The van der Waals surface area contributed by atoms with Gasteiger partial charge in [-0.05, 0) is 57.4 Å². The Labute approximate surface area is 186 Å². The van der Waals surface area contributed by atoms with Crippen LogP contribution in [0.1, 0.15) is 21.5 Å². The van der Waals surface area contributed by atoms with Crippen LogP contribution >= 0.6 is 15.9 Å². The van der Waals surface area contributed by atoms with Crippen LogP contribution in [-0.2, 0) is 11.4 Å². The number of aromatic carboxylic acids is 1. The fraction of sp³-hybridized carbons (Fsp3) is 0.136. The van der Waals surface area contributed by atoms with E-state index in [4.69, 9.17) is 14.6 Å². The predicted molar refractivity (Wildman–Crippen MR) is 117 cm³/mol. The molecular formula is C22H19BrN2O6. The Hall–Kier alpha value is -3.59. The summed E-state index contributed by atoms with van der Waals surface area (Å²) in [5.74, 6) is -0.646. The third kappa shape index (κ3) is 4.95. The molecule has 0 radical (unpaired) electrons. The molecule has 160 valence electrons. The van der Waals surface area contributed by atoms with Gasteiger partial charge in [-0.3, -0.25) is 9.69 Å². The molecular weight excluding hydrogens is 468 g/mol. The second-order valence-electron chi connectivity index (χ2n) is 6.52. The summed E-state index contributed by atoms with van der Waals surface area (Å²) >= 11 is 3.44. The lowest BCUT2D eigenvalue weighted by atomic mass is 10.1. The lowest BCUT2D eigenvalue weighted by Gasteiger charge is -2.14. The lowest BCUT2D eigenvalue weighted by molar-refractivity contribution is -0.122. The number of nitrogens with one attached hydrogen (secondary N) is 1. The maximum atomic E-state index is 12.4. The molecule has 3 rings (SSSR count). The van der Waals surface area contributed by atoms with Crippen LogP contribution in [0.3, 0.4) is 0 Å². The number of hydrogen-bond acceptors (Lipinski definition) is 5. The zero-order valence-electron chi connectivity index (χ0n) is 16.6. The van der Waals surface area contributed by atoms with Crippen LogP contribution in [0, 0.1) is 0 Å². The Balaban J connectivity index is 1.83. The molecule has 2 N–H and O–H groups in total. The van der Waals surface area contributed by atoms with Gasteiger partial charge in [0.1, 0.15) is 12.3 Å². The van der Waals surface area contributed by atoms with Gasteiger partial charge in [-0.1, -0.05) is 18.2 Å². The van der Waals surface area contributed by atoms with Crippen molar-refractivity contribution in [2.75, 3.05) is 13.7 Å². The summed E-state index contributed by atoms with van der Waals surface area (Å²) in [5.41, 5.74) is 1.59. The third-order valence-corrected chi connectivity index (χ3v) is 4.98. The van der Waals surface area contributed by atoms with Gasteiger partial charge < -0.3 is 19.9 Å². The average Bonchev–Trinajstić information content (AvgIpc) is 3.00. The molecule has 1 fully saturated rings. The van der Waals surface area contributed by atoms with Gasteiger partial charge in [-0.25, -0.2) is 9.59 Å². The minimum absolute atomic E-state index is 0.116. The summed E-state index contributed by atoms with van der Waals surface area (Å²) < 4.78 is 11.8. The largest absolute Gasteiger partial charge is 0.493 e. The van der Waals surface area contributed by atoms with E-state index in [2.05, 4.69) is 27.8 Å². The Bertz CT molecular complexity index is 1100. The SMILES string of the molecule is C=CCN1C(=O)NC(=Cc2cc(Br)c(OCc3cccc(C(=O)O)c3)c(OC)c2)C1=O. The van der Waals surface area contributed by atoms with Crippen LogP contribution in [0.15, 0.2) is 59.2 Å². The molecule has 0 atom stereocenters. The van der Waals surface area contributed by atoms with E-state index in [0.29, 0.717) is 27.1 Å². The summed E-state index contributed by atoms with van der Waals surface area (Å²) in [6.45, 7) is 3.78. The number of benzene rings is 2. The Kier molecular flexibility index (Phi) is 6.76. The van der Waals surface area contributed by atoms with Crippen LogP contribution in [0.2, 0.25) is 0 Å². The summed E-state index contributed by atoms with van der Waals surface area (Å²) in [6, 6.07) is 9.31. The van der Waals surface area contributed by atoms with E-state index < -0.39 is 17.9 Å². The fourth-order valence-corrected chi connectivity index (χ4v) is 3.52. The molecule has 1 aliphatic rings. The van der Waals surface area contributed by atoms with Crippen LogP contribution in [-0.4, -0.2) is 41.6 Å². The number of carbonyl (C=O) groups excluding carboxylic acids is 2. The van der Waals surface area contributed by atoms with E-state index in [0.717, 1.165) is 4.90 Å². The molecule has 1 aliphatic heterocycles. The van der Waals surface area contributed by atoms with Crippen molar-refractivity contribution in [2.45, 2.75) is 6.61 Å². The first-order valence-corrected chi connectivity index (χ1v) is 9.91. The van der Waals surface area contributed by atoms with Crippen LogP contribution in [0.4, 0.5) is 4.79 Å². The number of halogens is 1.